The van der Waals surface area contributed by atoms with Crippen LogP contribution in [-0.2, 0) is 14.8 Å². The van der Waals surface area contributed by atoms with Crippen LogP contribution in [-0.4, -0.2) is 48.9 Å². The average molecular weight is 367 g/mol. The van der Waals surface area contributed by atoms with Crippen LogP contribution in [0.2, 0.25) is 0 Å². The summed E-state index contributed by atoms with van der Waals surface area (Å²) in [4.78, 5) is 0. The van der Waals surface area contributed by atoms with Crippen molar-refractivity contribution in [1.82, 2.24) is 14.5 Å². The van der Waals surface area contributed by atoms with Crippen molar-refractivity contribution in [2.75, 3.05) is 26.0 Å². The SMILES string of the molecule is CS(=O)(=O)N1CCO[C@H](c2nnc([C@H]3C[C@@H]3c3cccc(F)c3)o2)C1. The lowest BCUT2D eigenvalue weighted by Gasteiger charge is -2.29. The quantitative estimate of drug-likeness (QED) is 0.819. The molecule has 7 nitrogen and oxygen atoms in total. The molecule has 134 valence electrons. The molecular weight excluding hydrogens is 349 g/mol. The molecule has 0 radical (unpaired) electrons. The van der Waals surface area contributed by atoms with Crippen LogP contribution < -0.4 is 0 Å². The molecule has 0 N–H and O–H groups in total. The Labute approximate surface area is 144 Å². The summed E-state index contributed by atoms with van der Waals surface area (Å²) in [5.41, 5.74) is 0.918. The number of benzene rings is 1. The van der Waals surface area contributed by atoms with E-state index >= 15 is 0 Å². The van der Waals surface area contributed by atoms with Gasteiger partial charge in [0.05, 0.1) is 12.9 Å². The number of aromatic nitrogens is 2. The number of ether oxygens (including phenoxy) is 1. The maximum Gasteiger partial charge on any atom is 0.246 e. The van der Waals surface area contributed by atoms with Gasteiger partial charge in [-0.05, 0) is 30.0 Å². The van der Waals surface area contributed by atoms with Crippen molar-refractivity contribution in [3.8, 4) is 0 Å². The first-order valence-corrected chi connectivity index (χ1v) is 9.92. The highest BCUT2D eigenvalue weighted by Crippen LogP contribution is 2.54. The standard InChI is InChI=1S/C16H18FN3O4S/c1-25(21,22)20-5-6-23-14(9-20)16-19-18-15(24-16)13-8-12(13)10-3-2-4-11(17)7-10/h2-4,7,12-14H,5-6,8-9H2,1H3/t12-,13+,14+/m1/s1. The lowest BCUT2D eigenvalue weighted by molar-refractivity contribution is -0.0176. The van der Waals surface area contributed by atoms with Crippen LogP contribution in [0.4, 0.5) is 4.39 Å². The van der Waals surface area contributed by atoms with Gasteiger partial charge in [-0.2, -0.15) is 4.31 Å². The molecule has 1 aromatic heterocycles. The Morgan fingerprint density at radius 1 is 1.24 bits per heavy atom. The van der Waals surface area contributed by atoms with Crippen molar-refractivity contribution in [3.05, 3.63) is 47.4 Å². The minimum atomic E-state index is -3.28. The highest BCUT2D eigenvalue weighted by atomic mass is 32.2. The maximum absolute atomic E-state index is 13.3. The Morgan fingerprint density at radius 2 is 2.04 bits per heavy atom. The Kier molecular flexibility index (Phi) is 4.09. The third kappa shape index (κ3) is 3.44. The Hall–Kier alpha value is -1.84. The number of morpholine rings is 1. The van der Waals surface area contributed by atoms with Gasteiger partial charge in [0.25, 0.3) is 0 Å². The fourth-order valence-corrected chi connectivity index (χ4v) is 3.99. The predicted octanol–water partition coefficient (Wildman–Crippen LogP) is 1.81. The van der Waals surface area contributed by atoms with Gasteiger partial charge in [0, 0.05) is 19.0 Å². The van der Waals surface area contributed by atoms with E-state index in [1.54, 1.807) is 6.07 Å². The van der Waals surface area contributed by atoms with Crippen molar-refractivity contribution in [2.45, 2.75) is 24.4 Å². The summed E-state index contributed by atoms with van der Waals surface area (Å²) in [6, 6.07) is 6.52. The van der Waals surface area contributed by atoms with Crippen LogP contribution in [0.15, 0.2) is 28.7 Å². The van der Waals surface area contributed by atoms with Crippen LogP contribution in [0, 0.1) is 5.82 Å². The van der Waals surface area contributed by atoms with Crippen LogP contribution in [0.5, 0.6) is 0 Å². The van der Waals surface area contributed by atoms with Gasteiger partial charge in [0.1, 0.15) is 11.9 Å². The maximum atomic E-state index is 13.3. The van der Waals surface area contributed by atoms with E-state index < -0.39 is 16.1 Å². The summed E-state index contributed by atoms with van der Waals surface area (Å²) in [6.45, 7) is 0.768. The molecule has 1 saturated heterocycles. The van der Waals surface area contributed by atoms with Gasteiger partial charge >= 0.3 is 0 Å². The van der Waals surface area contributed by atoms with Crippen LogP contribution in [0.3, 0.4) is 0 Å². The molecule has 4 rings (SSSR count). The van der Waals surface area contributed by atoms with Gasteiger partial charge < -0.3 is 9.15 Å². The zero-order valence-electron chi connectivity index (χ0n) is 13.6. The zero-order valence-corrected chi connectivity index (χ0v) is 14.4. The first-order chi connectivity index (χ1) is 11.9. The highest BCUT2D eigenvalue weighted by molar-refractivity contribution is 7.88. The molecule has 1 aromatic carbocycles. The van der Waals surface area contributed by atoms with E-state index in [1.807, 2.05) is 6.07 Å². The fraction of sp³-hybridized carbons (Fsp3) is 0.500. The second-order valence-electron chi connectivity index (χ2n) is 6.46. The molecule has 3 atom stereocenters. The number of halogens is 1. The van der Waals surface area contributed by atoms with Crippen molar-refractivity contribution in [2.24, 2.45) is 0 Å². The Bertz CT molecular complexity index is 885. The molecular formula is C16H18FN3O4S. The van der Waals surface area contributed by atoms with Gasteiger partial charge in [0.15, 0.2) is 0 Å². The molecule has 1 saturated carbocycles. The summed E-state index contributed by atoms with van der Waals surface area (Å²) in [5, 5.41) is 8.11. The lowest BCUT2D eigenvalue weighted by Crippen LogP contribution is -2.41. The molecule has 0 spiro atoms. The number of rotatable bonds is 4. The van der Waals surface area contributed by atoms with E-state index in [4.69, 9.17) is 9.15 Å². The molecule has 9 heteroatoms. The largest absolute Gasteiger partial charge is 0.422 e. The molecule has 2 aliphatic rings. The lowest BCUT2D eigenvalue weighted by atomic mass is 10.1. The van der Waals surface area contributed by atoms with E-state index in [9.17, 15) is 12.8 Å². The van der Waals surface area contributed by atoms with Gasteiger partial charge in [-0.25, -0.2) is 12.8 Å². The minimum Gasteiger partial charge on any atom is -0.422 e. The summed E-state index contributed by atoms with van der Waals surface area (Å²) >= 11 is 0. The number of sulfonamides is 1. The van der Waals surface area contributed by atoms with E-state index in [-0.39, 0.29) is 36.7 Å². The smallest absolute Gasteiger partial charge is 0.246 e. The zero-order chi connectivity index (χ0) is 17.6. The van der Waals surface area contributed by atoms with Gasteiger partial charge in [-0.1, -0.05) is 12.1 Å². The summed E-state index contributed by atoms with van der Waals surface area (Å²) in [6.07, 6.45) is 1.44. The molecule has 0 bridgehead atoms. The summed E-state index contributed by atoms with van der Waals surface area (Å²) in [5.74, 6) is 0.755. The predicted molar refractivity (Wildman–Crippen MR) is 85.9 cm³/mol. The molecule has 0 unspecified atom stereocenters. The van der Waals surface area contributed by atoms with Crippen molar-refractivity contribution < 1.29 is 22.0 Å². The summed E-state index contributed by atoms with van der Waals surface area (Å²) < 4.78 is 49.4. The van der Waals surface area contributed by atoms with Gasteiger partial charge in [-0.3, -0.25) is 0 Å². The van der Waals surface area contributed by atoms with E-state index in [1.165, 1.54) is 22.7 Å². The van der Waals surface area contributed by atoms with E-state index in [0.717, 1.165) is 12.0 Å². The molecule has 0 amide bonds. The monoisotopic (exact) mass is 367 g/mol. The molecule has 2 aromatic rings. The third-order valence-electron chi connectivity index (χ3n) is 4.61. The van der Waals surface area contributed by atoms with Crippen molar-refractivity contribution in [3.63, 3.8) is 0 Å². The Morgan fingerprint density at radius 3 is 2.80 bits per heavy atom. The molecule has 1 aliphatic heterocycles. The number of nitrogens with zero attached hydrogens (tertiary/aromatic N) is 3. The van der Waals surface area contributed by atoms with E-state index in [0.29, 0.717) is 12.4 Å². The highest BCUT2D eigenvalue weighted by Gasteiger charge is 2.44. The second kappa shape index (κ2) is 6.15. The van der Waals surface area contributed by atoms with Crippen LogP contribution in [0.25, 0.3) is 0 Å². The molecule has 2 fully saturated rings. The minimum absolute atomic E-state index is 0.0673. The van der Waals surface area contributed by atoms with Crippen LogP contribution >= 0.6 is 0 Å². The van der Waals surface area contributed by atoms with Gasteiger partial charge in [0.2, 0.25) is 21.8 Å². The molecule has 2 heterocycles. The van der Waals surface area contributed by atoms with Gasteiger partial charge in [-0.15, -0.1) is 10.2 Å². The number of hydrogen-bond acceptors (Lipinski definition) is 6. The van der Waals surface area contributed by atoms with Crippen molar-refractivity contribution in [1.29, 1.82) is 0 Å². The molecule has 25 heavy (non-hydrogen) atoms. The van der Waals surface area contributed by atoms with E-state index in [2.05, 4.69) is 10.2 Å². The normalized spacial score (nSPS) is 27.4. The third-order valence-corrected chi connectivity index (χ3v) is 5.88. The summed E-state index contributed by atoms with van der Waals surface area (Å²) in [7, 11) is -3.28. The fourth-order valence-electron chi connectivity index (χ4n) is 3.18. The topological polar surface area (TPSA) is 85.5 Å². The first kappa shape index (κ1) is 16.6. The average Bonchev–Trinajstić information content (AvgIpc) is 3.23. The van der Waals surface area contributed by atoms with Crippen LogP contribution in [0.1, 0.15) is 41.7 Å². The second-order valence-corrected chi connectivity index (χ2v) is 8.45. The van der Waals surface area contributed by atoms with Crippen molar-refractivity contribution >= 4 is 10.0 Å². The number of hydrogen-bond donors (Lipinski definition) is 0. The Balaban J connectivity index is 1.46. The first-order valence-electron chi connectivity index (χ1n) is 8.07. The molecule has 1 aliphatic carbocycles.